The van der Waals surface area contributed by atoms with Gasteiger partial charge in [0.25, 0.3) is 0 Å². The first-order chi connectivity index (χ1) is 13.1. The molecule has 1 unspecified atom stereocenters. The van der Waals surface area contributed by atoms with Crippen LogP contribution < -0.4 is 5.32 Å². The summed E-state index contributed by atoms with van der Waals surface area (Å²) in [6.45, 7) is 1.07. The predicted octanol–water partition coefficient (Wildman–Crippen LogP) is 1.63. The number of morpholine rings is 1. The summed E-state index contributed by atoms with van der Waals surface area (Å²) in [4.78, 5) is 11.8. The lowest BCUT2D eigenvalue weighted by atomic mass is 10.2. The van der Waals surface area contributed by atoms with Gasteiger partial charge in [-0.25, -0.2) is 18.4 Å². The van der Waals surface area contributed by atoms with Crippen molar-refractivity contribution in [3.8, 4) is 11.4 Å². The van der Waals surface area contributed by atoms with Gasteiger partial charge in [0.05, 0.1) is 24.5 Å². The van der Waals surface area contributed by atoms with Gasteiger partial charge >= 0.3 is 6.18 Å². The molecule has 28 heavy (non-hydrogen) atoms. The van der Waals surface area contributed by atoms with Gasteiger partial charge in [-0.15, -0.1) is 0 Å². The summed E-state index contributed by atoms with van der Waals surface area (Å²) in [5.41, 5.74) is -0.751. The van der Waals surface area contributed by atoms with Crippen molar-refractivity contribution in [1.29, 1.82) is 0 Å². The number of anilines is 1. The number of nitrogens with one attached hydrogen (secondary N) is 1. The van der Waals surface area contributed by atoms with Gasteiger partial charge in [-0.2, -0.15) is 17.5 Å². The molecular formula is C16H18F3N5O3S. The second-order valence-corrected chi connectivity index (χ2v) is 8.20. The molecule has 0 aromatic carbocycles. The fourth-order valence-corrected chi connectivity index (χ4v) is 3.49. The van der Waals surface area contributed by atoms with Crippen molar-refractivity contribution in [3.63, 3.8) is 0 Å². The summed E-state index contributed by atoms with van der Waals surface area (Å²) in [6, 6.07) is 2.49. The number of pyridine rings is 1. The van der Waals surface area contributed by atoms with Crippen LogP contribution in [0.1, 0.15) is 5.56 Å². The average Bonchev–Trinajstić information content (AvgIpc) is 2.66. The van der Waals surface area contributed by atoms with Crippen LogP contribution in [0.5, 0.6) is 0 Å². The van der Waals surface area contributed by atoms with Gasteiger partial charge in [0.2, 0.25) is 10.0 Å². The highest BCUT2D eigenvalue weighted by Gasteiger charge is 2.31. The maximum Gasteiger partial charge on any atom is 0.417 e. The van der Waals surface area contributed by atoms with Crippen molar-refractivity contribution in [2.24, 2.45) is 0 Å². The Bertz CT molecular complexity index is 939. The molecule has 0 spiro atoms. The number of nitrogens with zero attached hydrogens (tertiary/aromatic N) is 4. The lowest BCUT2D eigenvalue weighted by molar-refractivity contribution is -0.137. The van der Waals surface area contributed by atoms with Crippen molar-refractivity contribution in [3.05, 3.63) is 36.3 Å². The zero-order valence-corrected chi connectivity index (χ0v) is 15.7. The van der Waals surface area contributed by atoms with Gasteiger partial charge in [0, 0.05) is 43.8 Å². The minimum atomic E-state index is -4.51. The summed E-state index contributed by atoms with van der Waals surface area (Å²) in [5.74, 6) is 0.466. The van der Waals surface area contributed by atoms with E-state index in [1.54, 1.807) is 6.07 Å². The van der Waals surface area contributed by atoms with Crippen LogP contribution in [0.25, 0.3) is 11.4 Å². The van der Waals surface area contributed by atoms with Crippen molar-refractivity contribution in [2.45, 2.75) is 12.3 Å². The van der Waals surface area contributed by atoms with Gasteiger partial charge in [-0.3, -0.25) is 4.98 Å². The summed E-state index contributed by atoms with van der Waals surface area (Å²) < 4.78 is 68.7. The Morgan fingerprint density at radius 1 is 1.36 bits per heavy atom. The van der Waals surface area contributed by atoms with Crippen molar-refractivity contribution < 1.29 is 26.3 Å². The SMILES string of the molecule is CS(=O)(=O)N1CCOC(CNc2ccnc(-c3cncc(C(F)(F)F)c3)n2)C1. The lowest BCUT2D eigenvalue weighted by Crippen LogP contribution is -2.47. The molecule has 0 amide bonds. The molecule has 0 bridgehead atoms. The molecule has 3 rings (SSSR count). The summed E-state index contributed by atoms with van der Waals surface area (Å²) >= 11 is 0. The van der Waals surface area contributed by atoms with Crippen molar-refractivity contribution in [2.75, 3.05) is 37.8 Å². The molecule has 8 nitrogen and oxygen atoms in total. The van der Waals surface area contributed by atoms with Crippen LogP contribution in [0.4, 0.5) is 19.0 Å². The number of halogens is 3. The smallest absolute Gasteiger partial charge is 0.374 e. The molecule has 2 aromatic heterocycles. The molecule has 12 heteroatoms. The quantitative estimate of drug-likeness (QED) is 0.790. The molecule has 0 saturated carbocycles. The zero-order chi connectivity index (χ0) is 20.4. The third-order valence-electron chi connectivity index (χ3n) is 4.06. The third-order valence-corrected chi connectivity index (χ3v) is 5.33. The summed E-state index contributed by atoms with van der Waals surface area (Å²) in [7, 11) is -3.30. The molecule has 2 aromatic rings. The molecule has 1 saturated heterocycles. The Kier molecular flexibility index (Phi) is 5.82. The second kappa shape index (κ2) is 7.97. The molecule has 1 atom stereocenters. The fraction of sp³-hybridized carbons (Fsp3) is 0.438. The minimum absolute atomic E-state index is 0.0888. The monoisotopic (exact) mass is 417 g/mol. The van der Waals surface area contributed by atoms with Crippen LogP contribution in [0.3, 0.4) is 0 Å². The van der Waals surface area contributed by atoms with Gasteiger partial charge in [-0.05, 0) is 12.1 Å². The van der Waals surface area contributed by atoms with Gasteiger partial charge < -0.3 is 10.1 Å². The first-order valence-electron chi connectivity index (χ1n) is 8.29. The van der Waals surface area contributed by atoms with Crippen molar-refractivity contribution >= 4 is 15.8 Å². The van der Waals surface area contributed by atoms with E-state index in [0.717, 1.165) is 18.5 Å². The first kappa shape index (κ1) is 20.4. The van der Waals surface area contributed by atoms with E-state index in [2.05, 4.69) is 20.3 Å². The van der Waals surface area contributed by atoms with E-state index in [1.807, 2.05) is 0 Å². The van der Waals surface area contributed by atoms with Crippen molar-refractivity contribution in [1.82, 2.24) is 19.3 Å². The Hall–Kier alpha value is -2.31. The third kappa shape index (κ3) is 5.14. The number of aromatic nitrogens is 3. The summed E-state index contributed by atoms with van der Waals surface area (Å²) in [6.07, 6.45) is -0.347. The van der Waals surface area contributed by atoms with Crippen LogP contribution in [0.15, 0.2) is 30.7 Å². The first-order valence-corrected chi connectivity index (χ1v) is 10.1. The Morgan fingerprint density at radius 3 is 2.86 bits per heavy atom. The Morgan fingerprint density at radius 2 is 2.14 bits per heavy atom. The van der Waals surface area contributed by atoms with E-state index in [1.165, 1.54) is 16.7 Å². The number of hydrogen-bond acceptors (Lipinski definition) is 7. The maximum atomic E-state index is 12.9. The molecule has 1 aliphatic heterocycles. The van der Waals surface area contributed by atoms with Gasteiger partial charge in [0.15, 0.2) is 5.82 Å². The van der Waals surface area contributed by atoms with E-state index < -0.39 is 21.8 Å². The van der Waals surface area contributed by atoms with Crippen LogP contribution >= 0.6 is 0 Å². The highest BCUT2D eigenvalue weighted by atomic mass is 32.2. The van der Waals surface area contributed by atoms with Crippen LogP contribution in [-0.4, -0.2) is 66.3 Å². The minimum Gasteiger partial charge on any atom is -0.374 e. The molecule has 1 fully saturated rings. The molecule has 1 N–H and O–H groups in total. The predicted molar refractivity (Wildman–Crippen MR) is 94.9 cm³/mol. The van der Waals surface area contributed by atoms with Gasteiger partial charge in [-0.1, -0.05) is 0 Å². The van der Waals surface area contributed by atoms with E-state index in [-0.39, 0.29) is 37.2 Å². The number of hydrogen-bond donors (Lipinski definition) is 1. The molecule has 3 heterocycles. The number of sulfonamides is 1. The maximum absolute atomic E-state index is 12.9. The van der Waals surface area contributed by atoms with Crippen LogP contribution in [0, 0.1) is 0 Å². The second-order valence-electron chi connectivity index (χ2n) is 6.22. The molecule has 1 aliphatic rings. The van der Waals surface area contributed by atoms with Gasteiger partial charge in [0.1, 0.15) is 5.82 Å². The number of ether oxygens (including phenoxy) is 1. The highest BCUT2D eigenvalue weighted by Crippen LogP contribution is 2.30. The molecular weight excluding hydrogens is 399 g/mol. The molecule has 0 radical (unpaired) electrons. The average molecular weight is 417 g/mol. The molecule has 0 aliphatic carbocycles. The number of rotatable bonds is 5. The van der Waals surface area contributed by atoms with Crippen LogP contribution in [-0.2, 0) is 20.9 Å². The fourth-order valence-electron chi connectivity index (χ4n) is 2.65. The van der Waals surface area contributed by atoms with E-state index in [0.29, 0.717) is 12.4 Å². The van der Waals surface area contributed by atoms with E-state index >= 15 is 0 Å². The van der Waals surface area contributed by atoms with Crippen LogP contribution in [0.2, 0.25) is 0 Å². The largest absolute Gasteiger partial charge is 0.417 e. The Balaban J connectivity index is 1.69. The molecule has 152 valence electrons. The zero-order valence-electron chi connectivity index (χ0n) is 14.8. The normalized spacial score (nSPS) is 18.8. The lowest BCUT2D eigenvalue weighted by Gasteiger charge is -2.31. The number of alkyl halides is 3. The standard InChI is InChI=1S/C16H18F3N5O3S/c1-28(25,26)24-4-5-27-13(10-24)9-22-14-2-3-21-15(23-14)11-6-12(8-20-7-11)16(17,18)19/h2-3,6-8,13H,4-5,9-10H2,1H3,(H,21,22,23). The topological polar surface area (TPSA) is 97.3 Å². The van der Waals surface area contributed by atoms with E-state index in [9.17, 15) is 21.6 Å². The highest BCUT2D eigenvalue weighted by molar-refractivity contribution is 7.88. The summed E-state index contributed by atoms with van der Waals surface area (Å²) in [5, 5.41) is 3.00. The van der Waals surface area contributed by atoms with E-state index in [4.69, 9.17) is 4.74 Å². The Labute approximate surface area is 159 Å².